The Hall–Kier alpha value is -2.83. The number of nitrogens with one attached hydrogen (secondary N) is 4. The van der Waals surface area contributed by atoms with Crippen molar-refractivity contribution in [2.45, 2.75) is 95.5 Å². The highest BCUT2D eigenvalue weighted by Crippen LogP contribution is 2.26. The zero-order valence-corrected chi connectivity index (χ0v) is 21.2. The van der Waals surface area contributed by atoms with Gasteiger partial charge in [0.2, 0.25) is 17.7 Å². The first-order chi connectivity index (χ1) is 17.1. The van der Waals surface area contributed by atoms with E-state index in [1.54, 1.807) is 6.20 Å². The maximum Gasteiger partial charge on any atom is 0.245 e. The number of aliphatic hydroxyl groups is 1. The Bertz CT molecular complexity index is 855. The number of aliphatic hydroxyl groups excluding tert-OH is 1. The normalized spacial score (nSPS) is 18.4. The fraction of sp³-hybridized carbons (Fsp3) is 0.708. The lowest BCUT2D eigenvalue weighted by molar-refractivity contribution is -0.135. The molecular formula is C24H41N7O5. The van der Waals surface area contributed by atoms with E-state index in [9.17, 15) is 24.3 Å². The van der Waals surface area contributed by atoms with Gasteiger partial charge in [0.05, 0.1) is 24.2 Å². The Labute approximate surface area is 211 Å². The summed E-state index contributed by atoms with van der Waals surface area (Å²) in [6.07, 6.45) is 7.52. The van der Waals surface area contributed by atoms with Crippen molar-refractivity contribution in [2.24, 2.45) is 17.4 Å². The third-order valence-corrected chi connectivity index (χ3v) is 6.62. The maximum absolute atomic E-state index is 13.2. The molecule has 1 aliphatic carbocycles. The van der Waals surface area contributed by atoms with Gasteiger partial charge in [-0.3, -0.25) is 19.2 Å². The average molecular weight is 508 g/mol. The summed E-state index contributed by atoms with van der Waals surface area (Å²) in [7, 11) is 0. The number of rotatable bonds is 14. The first kappa shape index (κ1) is 29.4. The summed E-state index contributed by atoms with van der Waals surface area (Å²) in [5.74, 6) is -1.79. The number of nitrogens with two attached hydrogens (primary N) is 2. The largest absolute Gasteiger partial charge is 0.391 e. The van der Waals surface area contributed by atoms with Gasteiger partial charge in [-0.25, -0.2) is 4.98 Å². The standard InChI is InChI=1S/C24H41N7O5/c1-14(32)19(8-9-25)30-24(36)22(15(2)33)31-23(35)20(10-17-12-27-13-28-17)29-21(34)11-18(26)16-6-4-3-5-7-16/h12-13,15-16,18-20,22,33H,3-11,25-26H2,1-2H3,(H,27,28)(H,29,34)(H,30,36)(H,31,35)/t15?,18?,19-,20-,22-/m0/s1. The second kappa shape index (κ2) is 14.7. The smallest absolute Gasteiger partial charge is 0.245 e. The van der Waals surface area contributed by atoms with Gasteiger partial charge in [0.1, 0.15) is 12.1 Å². The SMILES string of the molecule is CC(=O)[C@H](CCN)NC(=O)[C@@H](NC(=O)[C@H](Cc1c[nH]cn1)NC(=O)CC(N)C1CCCCC1)C(C)O. The summed E-state index contributed by atoms with van der Waals surface area (Å²) in [6.45, 7) is 2.85. The van der Waals surface area contributed by atoms with Crippen molar-refractivity contribution >= 4 is 23.5 Å². The molecule has 0 radical (unpaired) electrons. The zero-order valence-electron chi connectivity index (χ0n) is 21.2. The molecule has 5 atom stereocenters. The number of ketones is 1. The van der Waals surface area contributed by atoms with Gasteiger partial charge in [-0.2, -0.15) is 0 Å². The molecule has 9 N–H and O–H groups in total. The van der Waals surface area contributed by atoms with Crippen molar-refractivity contribution in [3.8, 4) is 0 Å². The van der Waals surface area contributed by atoms with Crippen molar-refractivity contribution in [3.05, 3.63) is 18.2 Å². The molecule has 1 heterocycles. The summed E-state index contributed by atoms with van der Waals surface area (Å²) in [6, 6.07) is -3.54. The monoisotopic (exact) mass is 507 g/mol. The molecule has 0 aromatic carbocycles. The van der Waals surface area contributed by atoms with Gasteiger partial charge in [0.25, 0.3) is 0 Å². The molecular weight excluding hydrogens is 466 g/mol. The summed E-state index contributed by atoms with van der Waals surface area (Å²) in [5, 5.41) is 17.9. The number of aromatic nitrogens is 2. The molecule has 12 heteroatoms. The van der Waals surface area contributed by atoms with Crippen LogP contribution < -0.4 is 27.4 Å². The van der Waals surface area contributed by atoms with Gasteiger partial charge >= 0.3 is 0 Å². The van der Waals surface area contributed by atoms with E-state index in [1.165, 1.54) is 26.6 Å². The number of amides is 3. The molecule has 0 saturated heterocycles. The highest BCUT2D eigenvalue weighted by molar-refractivity contribution is 5.94. The summed E-state index contributed by atoms with van der Waals surface area (Å²) < 4.78 is 0. The number of nitrogens with zero attached hydrogens (tertiary/aromatic N) is 1. The van der Waals surface area contributed by atoms with Crippen LogP contribution in [0.4, 0.5) is 0 Å². The van der Waals surface area contributed by atoms with Crippen LogP contribution in [0.3, 0.4) is 0 Å². The predicted octanol–water partition coefficient (Wildman–Crippen LogP) is -0.977. The van der Waals surface area contributed by atoms with E-state index >= 15 is 0 Å². The Balaban J connectivity index is 2.08. The van der Waals surface area contributed by atoms with E-state index in [-0.39, 0.29) is 49.5 Å². The van der Waals surface area contributed by atoms with Gasteiger partial charge < -0.3 is 37.5 Å². The number of imidazole rings is 1. The molecule has 0 aliphatic heterocycles. The topological polar surface area (TPSA) is 205 Å². The van der Waals surface area contributed by atoms with Crippen molar-refractivity contribution in [1.82, 2.24) is 25.9 Å². The number of aromatic amines is 1. The summed E-state index contributed by atoms with van der Waals surface area (Å²) >= 11 is 0. The first-order valence-electron chi connectivity index (χ1n) is 12.6. The van der Waals surface area contributed by atoms with Crippen molar-refractivity contribution in [2.75, 3.05) is 6.54 Å². The lowest BCUT2D eigenvalue weighted by atomic mass is 9.83. The number of H-pyrrole nitrogens is 1. The van der Waals surface area contributed by atoms with Crippen molar-refractivity contribution in [3.63, 3.8) is 0 Å². The number of Topliss-reactive ketones (excluding diaryl/α,β-unsaturated/α-hetero) is 1. The Morgan fingerprint density at radius 1 is 1.11 bits per heavy atom. The fourth-order valence-corrected chi connectivity index (χ4v) is 4.48. The maximum atomic E-state index is 13.2. The molecule has 1 aromatic rings. The lowest BCUT2D eigenvalue weighted by Crippen LogP contribution is -2.59. The van der Waals surface area contributed by atoms with Crippen LogP contribution >= 0.6 is 0 Å². The number of carbonyl (C=O) groups excluding carboxylic acids is 4. The molecule has 1 aliphatic rings. The third-order valence-electron chi connectivity index (χ3n) is 6.62. The van der Waals surface area contributed by atoms with Crippen LogP contribution in [-0.2, 0) is 25.6 Å². The van der Waals surface area contributed by atoms with E-state index in [4.69, 9.17) is 11.5 Å². The minimum atomic E-state index is -1.35. The highest BCUT2D eigenvalue weighted by atomic mass is 16.3. The van der Waals surface area contributed by atoms with E-state index in [0.29, 0.717) is 5.69 Å². The molecule has 0 bridgehead atoms. The molecule has 12 nitrogen and oxygen atoms in total. The van der Waals surface area contributed by atoms with Gasteiger partial charge in [-0.15, -0.1) is 0 Å². The van der Waals surface area contributed by atoms with Crippen LogP contribution in [0.2, 0.25) is 0 Å². The van der Waals surface area contributed by atoms with Gasteiger partial charge in [0, 0.05) is 25.1 Å². The van der Waals surface area contributed by atoms with Gasteiger partial charge in [0.15, 0.2) is 5.78 Å². The van der Waals surface area contributed by atoms with Crippen LogP contribution in [-0.4, -0.2) is 75.4 Å². The molecule has 3 amide bonds. The fourth-order valence-electron chi connectivity index (χ4n) is 4.48. The Morgan fingerprint density at radius 3 is 2.36 bits per heavy atom. The first-order valence-corrected chi connectivity index (χ1v) is 12.6. The lowest BCUT2D eigenvalue weighted by Gasteiger charge is -2.28. The van der Waals surface area contributed by atoms with Crippen LogP contribution in [0.25, 0.3) is 0 Å². The molecule has 0 spiro atoms. The van der Waals surface area contributed by atoms with E-state index in [2.05, 4.69) is 25.9 Å². The molecule has 2 unspecified atom stereocenters. The van der Waals surface area contributed by atoms with Crippen LogP contribution in [0, 0.1) is 5.92 Å². The molecule has 202 valence electrons. The van der Waals surface area contributed by atoms with Crippen LogP contribution in [0.15, 0.2) is 12.5 Å². The zero-order chi connectivity index (χ0) is 26.7. The van der Waals surface area contributed by atoms with Gasteiger partial charge in [-0.1, -0.05) is 19.3 Å². The third kappa shape index (κ3) is 9.32. The number of hydrogen-bond acceptors (Lipinski definition) is 8. The molecule has 2 rings (SSSR count). The van der Waals surface area contributed by atoms with Crippen LogP contribution in [0.1, 0.15) is 64.5 Å². The molecule has 1 fully saturated rings. The quantitative estimate of drug-likeness (QED) is 0.166. The second-order valence-electron chi connectivity index (χ2n) is 9.63. The Morgan fingerprint density at radius 2 is 1.81 bits per heavy atom. The predicted molar refractivity (Wildman–Crippen MR) is 133 cm³/mol. The van der Waals surface area contributed by atoms with E-state index in [1.807, 2.05) is 0 Å². The van der Waals surface area contributed by atoms with Crippen molar-refractivity contribution < 1.29 is 24.3 Å². The van der Waals surface area contributed by atoms with Gasteiger partial charge in [-0.05, 0) is 45.6 Å². The average Bonchev–Trinajstić information content (AvgIpc) is 3.35. The summed E-state index contributed by atoms with van der Waals surface area (Å²) in [4.78, 5) is 57.5. The summed E-state index contributed by atoms with van der Waals surface area (Å²) in [5.41, 5.74) is 12.3. The number of hydrogen-bond donors (Lipinski definition) is 7. The van der Waals surface area contributed by atoms with E-state index < -0.39 is 36.0 Å². The highest BCUT2D eigenvalue weighted by Gasteiger charge is 2.32. The Kier molecular flexibility index (Phi) is 12.0. The minimum absolute atomic E-state index is 0.0666. The minimum Gasteiger partial charge on any atom is -0.391 e. The molecule has 1 aromatic heterocycles. The van der Waals surface area contributed by atoms with Crippen molar-refractivity contribution in [1.29, 1.82) is 0 Å². The number of carbonyl (C=O) groups is 4. The molecule has 36 heavy (non-hydrogen) atoms. The van der Waals surface area contributed by atoms with E-state index in [0.717, 1.165) is 25.7 Å². The second-order valence-corrected chi connectivity index (χ2v) is 9.63. The van der Waals surface area contributed by atoms with Crippen LogP contribution in [0.5, 0.6) is 0 Å². The molecule has 1 saturated carbocycles.